The smallest absolute Gasteiger partial charge is 0.141 e. The van der Waals surface area contributed by atoms with Gasteiger partial charge in [0, 0.05) is 44.1 Å². The minimum absolute atomic E-state index is 0. The van der Waals surface area contributed by atoms with Gasteiger partial charge in [0.25, 0.3) is 0 Å². The summed E-state index contributed by atoms with van der Waals surface area (Å²) < 4.78 is 2.19. The van der Waals surface area contributed by atoms with Gasteiger partial charge in [-0.25, -0.2) is 9.97 Å². The molecule has 0 spiro atoms. The summed E-state index contributed by atoms with van der Waals surface area (Å²) in [6.45, 7) is 2.05. The predicted octanol–water partition coefficient (Wildman–Crippen LogP) is 7.72. The van der Waals surface area contributed by atoms with E-state index in [9.17, 15) is 5.11 Å². The van der Waals surface area contributed by atoms with Crippen molar-refractivity contribution in [1.82, 2.24) is 14.5 Å². The third-order valence-corrected chi connectivity index (χ3v) is 7.19. The maximum Gasteiger partial charge on any atom is 0.141 e. The van der Waals surface area contributed by atoms with E-state index in [1.807, 2.05) is 49.5 Å². The van der Waals surface area contributed by atoms with E-state index in [4.69, 9.17) is 9.97 Å². The number of phenols is 1. The Bertz CT molecular complexity index is 1950. The first-order valence-corrected chi connectivity index (χ1v) is 12.7. The summed E-state index contributed by atoms with van der Waals surface area (Å²) in [7, 11) is 0. The minimum Gasteiger partial charge on any atom is -0.506 e. The van der Waals surface area contributed by atoms with E-state index in [-0.39, 0.29) is 32.7 Å². The first-order chi connectivity index (χ1) is 18.7. The van der Waals surface area contributed by atoms with Crippen molar-refractivity contribution in [2.75, 3.05) is 0 Å². The monoisotopic (exact) mass is 685 g/mol. The Hall–Kier alpha value is -4.27. The number of rotatable bonds is 4. The van der Waals surface area contributed by atoms with Gasteiger partial charge in [0.1, 0.15) is 17.1 Å². The van der Waals surface area contributed by atoms with Gasteiger partial charge in [0.2, 0.25) is 0 Å². The molecule has 1 N–H and O–H groups in total. The van der Waals surface area contributed by atoms with E-state index >= 15 is 0 Å². The predicted molar refractivity (Wildman–Crippen MR) is 153 cm³/mol. The van der Waals surface area contributed by atoms with Crippen LogP contribution in [0.1, 0.15) is 28.3 Å². The first kappa shape index (κ1) is 25.0. The maximum absolute atomic E-state index is 10.5. The van der Waals surface area contributed by atoms with Crippen molar-refractivity contribution in [2.45, 2.75) is 12.8 Å². The van der Waals surface area contributed by atoms with Crippen LogP contribution in [0.3, 0.4) is 0 Å². The Morgan fingerprint density at radius 1 is 0.769 bits per heavy atom. The van der Waals surface area contributed by atoms with Gasteiger partial charge in [0.05, 0.1) is 5.69 Å². The van der Waals surface area contributed by atoms with E-state index in [0.29, 0.717) is 5.52 Å². The van der Waals surface area contributed by atoms with E-state index in [2.05, 4.69) is 77.4 Å². The van der Waals surface area contributed by atoms with Crippen molar-refractivity contribution in [3.63, 3.8) is 0 Å². The number of aryl methyl sites for hydroxylation is 1. The van der Waals surface area contributed by atoms with Crippen LogP contribution in [0.15, 0.2) is 115 Å². The Labute approximate surface area is 240 Å². The van der Waals surface area contributed by atoms with Crippen LogP contribution in [-0.2, 0) is 21.1 Å². The number of aromatic hydroxyl groups is 1. The molecule has 0 saturated heterocycles. The number of benzene rings is 4. The summed E-state index contributed by atoms with van der Waals surface area (Å²) in [5.41, 5.74) is 6.77. The van der Waals surface area contributed by atoms with Crippen molar-refractivity contribution >= 4 is 32.7 Å². The van der Waals surface area contributed by atoms with E-state index < -0.39 is 0 Å². The molecule has 192 valence electrons. The third-order valence-electron chi connectivity index (χ3n) is 7.19. The number of hydrogen-bond donors (Lipinski definition) is 1. The number of fused-ring (bicyclic) bond motifs is 4. The molecule has 3 heterocycles. The largest absolute Gasteiger partial charge is 0.506 e. The zero-order chi connectivity index (χ0) is 25.6. The molecule has 0 fully saturated rings. The molecular weight excluding hydrogens is 661 g/mol. The quantitative estimate of drug-likeness (QED) is 0.193. The topological polar surface area (TPSA) is 50.9 Å². The van der Waals surface area contributed by atoms with Crippen molar-refractivity contribution < 1.29 is 26.2 Å². The number of nitrogens with zero attached hydrogens (tertiary/aromatic N) is 3. The van der Waals surface area contributed by atoms with Crippen LogP contribution in [0, 0.1) is 13.0 Å². The van der Waals surface area contributed by atoms with E-state index in [1.54, 1.807) is 6.07 Å². The Morgan fingerprint density at radius 2 is 1.59 bits per heavy atom. The van der Waals surface area contributed by atoms with Crippen LogP contribution in [0.5, 0.6) is 5.75 Å². The SMILES string of the molecule is Cc1ccc(-n2c3[c-]c(C(c4ccccc4)c4ccc5cccc(O)c5n4)ccc3c3ccccc32)nc1.[Pt]. The van der Waals surface area contributed by atoms with E-state index in [0.717, 1.165) is 55.4 Å². The summed E-state index contributed by atoms with van der Waals surface area (Å²) in [5.74, 6) is 0.878. The fraction of sp³-hybridized carbons (Fsp3) is 0.0588. The first-order valence-electron chi connectivity index (χ1n) is 12.7. The van der Waals surface area contributed by atoms with Crippen molar-refractivity contribution in [1.29, 1.82) is 0 Å². The molecule has 1 atom stereocenters. The van der Waals surface area contributed by atoms with Gasteiger partial charge in [-0.05, 0) is 47.7 Å². The summed E-state index contributed by atoms with van der Waals surface area (Å²) in [4.78, 5) is 9.71. The standard InChI is InChI=1S/C34H24N3O.Pt/c1-22-14-19-32(35-21-22)37-29-12-6-5-11-26(29)27-17-15-25(20-30(27)37)33(23-8-3-2-4-9-23)28-18-16-24-10-7-13-31(38)34(24)36-28;/h2-19,21,33,38H,1H3;/q-1;. The molecule has 1 unspecified atom stereocenters. The van der Waals surface area contributed by atoms with E-state index in [1.165, 1.54) is 0 Å². The average Bonchev–Trinajstić information content (AvgIpc) is 3.28. The molecule has 0 amide bonds. The van der Waals surface area contributed by atoms with Crippen LogP contribution in [0.25, 0.3) is 38.5 Å². The maximum atomic E-state index is 10.5. The molecule has 39 heavy (non-hydrogen) atoms. The molecule has 0 aliphatic carbocycles. The van der Waals surface area contributed by atoms with Gasteiger partial charge in [0.15, 0.2) is 0 Å². The van der Waals surface area contributed by atoms with Gasteiger partial charge in [-0.3, -0.25) is 0 Å². The zero-order valence-corrected chi connectivity index (χ0v) is 23.4. The molecule has 7 rings (SSSR count). The number of hydrogen-bond acceptors (Lipinski definition) is 3. The average molecular weight is 686 g/mol. The van der Waals surface area contributed by atoms with Crippen molar-refractivity contribution in [3.8, 4) is 11.6 Å². The van der Waals surface area contributed by atoms with Crippen LogP contribution < -0.4 is 0 Å². The minimum atomic E-state index is -0.165. The molecule has 0 aliphatic heterocycles. The Balaban J connectivity index is 0.00000277. The number of pyridine rings is 2. The molecule has 0 radical (unpaired) electrons. The molecule has 0 aliphatic rings. The second-order valence-electron chi connectivity index (χ2n) is 9.65. The summed E-state index contributed by atoms with van der Waals surface area (Å²) in [6, 6.07) is 40.6. The molecule has 5 heteroatoms. The molecule has 4 nitrogen and oxygen atoms in total. The molecule has 0 bridgehead atoms. The Morgan fingerprint density at radius 3 is 2.41 bits per heavy atom. The summed E-state index contributed by atoms with van der Waals surface area (Å²) in [6.07, 6.45) is 1.90. The second-order valence-corrected chi connectivity index (χ2v) is 9.65. The Kier molecular flexibility index (Phi) is 6.50. The summed E-state index contributed by atoms with van der Waals surface area (Å²) in [5, 5.41) is 13.7. The van der Waals surface area contributed by atoms with Crippen LogP contribution in [-0.4, -0.2) is 19.6 Å². The van der Waals surface area contributed by atoms with Crippen molar-refractivity contribution in [2.24, 2.45) is 0 Å². The molecule has 3 aromatic heterocycles. The summed E-state index contributed by atoms with van der Waals surface area (Å²) >= 11 is 0. The van der Waals surface area contributed by atoms with Gasteiger partial charge in [-0.15, -0.1) is 10.9 Å². The normalized spacial score (nSPS) is 12.0. The second kappa shape index (κ2) is 10.1. The molecule has 0 saturated carbocycles. The fourth-order valence-electron chi connectivity index (χ4n) is 5.37. The molecule has 4 aromatic carbocycles. The van der Waals surface area contributed by atoms with Crippen LogP contribution in [0.4, 0.5) is 0 Å². The van der Waals surface area contributed by atoms with Gasteiger partial charge in [-0.1, -0.05) is 78.3 Å². The third kappa shape index (κ3) is 4.31. The van der Waals surface area contributed by atoms with Crippen LogP contribution >= 0.6 is 0 Å². The molecule has 7 aromatic rings. The van der Waals surface area contributed by atoms with Gasteiger partial charge >= 0.3 is 0 Å². The molecular formula is C34H24N3OPt-. The number of para-hydroxylation sites is 2. The number of phenolic OH excluding ortho intramolecular Hbond substituents is 1. The zero-order valence-electron chi connectivity index (χ0n) is 21.2. The van der Waals surface area contributed by atoms with Crippen molar-refractivity contribution in [3.05, 3.63) is 144 Å². The fourth-order valence-corrected chi connectivity index (χ4v) is 5.37. The van der Waals surface area contributed by atoms with Crippen LogP contribution in [0.2, 0.25) is 0 Å². The van der Waals surface area contributed by atoms with Gasteiger partial charge < -0.3 is 9.67 Å². The number of aromatic nitrogens is 3. The van der Waals surface area contributed by atoms with Gasteiger partial charge in [-0.2, -0.15) is 18.2 Å².